The van der Waals surface area contributed by atoms with Gasteiger partial charge in [0.25, 0.3) is 5.91 Å². The molecule has 1 aliphatic heterocycles. The molecule has 1 aliphatic rings. The van der Waals surface area contributed by atoms with E-state index < -0.39 is 0 Å². The van der Waals surface area contributed by atoms with Crippen LogP contribution in [0.4, 0.5) is 0 Å². The lowest BCUT2D eigenvalue weighted by molar-refractivity contribution is 0.0782. The van der Waals surface area contributed by atoms with Crippen LogP contribution in [-0.4, -0.2) is 35.6 Å². The number of nitrogens with zero attached hydrogens (tertiary/aromatic N) is 1. The highest BCUT2D eigenvalue weighted by Gasteiger charge is 2.26. The number of carbonyl (C=O) groups is 1. The second kappa shape index (κ2) is 5.52. The van der Waals surface area contributed by atoms with Gasteiger partial charge in [-0.25, -0.2) is 0 Å². The average Bonchev–Trinajstić information content (AvgIpc) is 2.87. The van der Waals surface area contributed by atoms with Crippen molar-refractivity contribution in [2.45, 2.75) is 12.3 Å². The molecule has 1 saturated heterocycles. The highest BCUT2D eigenvalue weighted by Crippen LogP contribution is 2.18. The third kappa shape index (κ3) is 2.79. The summed E-state index contributed by atoms with van der Waals surface area (Å²) in [6, 6.07) is 7.37. The van der Waals surface area contributed by atoms with Crippen LogP contribution in [0.5, 0.6) is 0 Å². The summed E-state index contributed by atoms with van der Waals surface area (Å²) in [4.78, 5) is 13.9. The van der Waals surface area contributed by atoms with Gasteiger partial charge >= 0.3 is 0 Å². The van der Waals surface area contributed by atoms with Crippen LogP contribution in [0.15, 0.2) is 24.3 Å². The molecule has 4 heteroatoms. The fourth-order valence-electron chi connectivity index (χ4n) is 2.09. The third-order valence-electron chi connectivity index (χ3n) is 3.19. The molecule has 92 valence electrons. The summed E-state index contributed by atoms with van der Waals surface area (Å²) < 4.78 is 0. The predicted molar refractivity (Wildman–Crippen MR) is 67.1 cm³/mol. The largest absolute Gasteiger partial charge is 0.396 e. The molecule has 0 aliphatic carbocycles. The molecule has 0 bridgehead atoms. The van der Waals surface area contributed by atoms with Gasteiger partial charge in [0.15, 0.2) is 0 Å². The highest BCUT2D eigenvalue weighted by molar-refractivity contribution is 6.17. The number of amides is 1. The lowest BCUT2D eigenvalue weighted by atomic mass is 10.1. The van der Waals surface area contributed by atoms with Gasteiger partial charge in [-0.2, -0.15) is 0 Å². The van der Waals surface area contributed by atoms with E-state index in [4.69, 9.17) is 16.7 Å². The maximum atomic E-state index is 12.1. The molecule has 17 heavy (non-hydrogen) atoms. The number of benzene rings is 1. The van der Waals surface area contributed by atoms with Crippen LogP contribution < -0.4 is 0 Å². The number of halogens is 1. The Bertz CT molecular complexity index is 391. The van der Waals surface area contributed by atoms with Gasteiger partial charge in [0, 0.05) is 37.1 Å². The number of hydrogen-bond donors (Lipinski definition) is 1. The van der Waals surface area contributed by atoms with Crippen LogP contribution in [-0.2, 0) is 5.88 Å². The summed E-state index contributed by atoms with van der Waals surface area (Å²) in [7, 11) is 0. The smallest absolute Gasteiger partial charge is 0.253 e. The van der Waals surface area contributed by atoms with Crippen LogP contribution in [0.2, 0.25) is 0 Å². The van der Waals surface area contributed by atoms with Gasteiger partial charge in [-0.3, -0.25) is 4.79 Å². The second-order valence-corrected chi connectivity index (χ2v) is 4.69. The fraction of sp³-hybridized carbons (Fsp3) is 0.462. The van der Waals surface area contributed by atoms with Gasteiger partial charge in [-0.1, -0.05) is 12.1 Å². The molecule has 0 spiro atoms. The first-order valence-electron chi connectivity index (χ1n) is 5.79. The van der Waals surface area contributed by atoms with Crippen LogP contribution in [0.3, 0.4) is 0 Å². The molecule has 1 amide bonds. The van der Waals surface area contributed by atoms with E-state index in [9.17, 15) is 4.79 Å². The summed E-state index contributed by atoms with van der Waals surface area (Å²) in [6.45, 7) is 1.56. The van der Waals surface area contributed by atoms with Crippen molar-refractivity contribution in [1.82, 2.24) is 4.90 Å². The van der Waals surface area contributed by atoms with Crippen LogP contribution in [0, 0.1) is 5.92 Å². The van der Waals surface area contributed by atoms with Gasteiger partial charge in [-0.15, -0.1) is 11.6 Å². The lowest BCUT2D eigenvalue weighted by Crippen LogP contribution is -2.29. The van der Waals surface area contributed by atoms with Crippen molar-refractivity contribution in [2.24, 2.45) is 5.92 Å². The van der Waals surface area contributed by atoms with E-state index in [0.29, 0.717) is 18.0 Å². The zero-order valence-electron chi connectivity index (χ0n) is 9.60. The Morgan fingerprint density at radius 1 is 1.41 bits per heavy atom. The van der Waals surface area contributed by atoms with Crippen LogP contribution in [0.1, 0.15) is 22.3 Å². The molecular formula is C13H16ClNO2. The minimum Gasteiger partial charge on any atom is -0.396 e. The number of hydrogen-bond acceptors (Lipinski definition) is 2. The van der Waals surface area contributed by atoms with Crippen molar-refractivity contribution in [1.29, 1.82) is 0 Å². The van der Waals surface area contributed by atoms with Crippen LogP contribution in [0.25, 0.3) is 0 Å². The first-order chi connectivity index (χ1) is 8.24. The van der Waals surface area contributed by atoms with Crippen molar-refractivity contribution in [2.75, 3.05) is 19.7 Å². The Morgan fingerprint density at radius 3 is 2.65 bits per heavy atom. The first-order valence-corrected chi connectivity index (χ1v) is 6.33. The molecule has 3 nitrogen and oxygen atoms in total. The van der Waals surface area contributed by atoms with E-state index in [1.54, 1.807) is 4.90 Å². The second-order valence-electron chi connectivity index (χ2n) is 4.42. The Balaban J connectivity index is 2.04. The van der Waals surface area contributed by atoms with Gasteiger partial charge in [0.1, 0.15) is 0 Å². The maximum absolute atomic E-state index is 12.1. The average molecular weight is 254 g/mol. The molecule has 2 rings (SSSR count). The SMILES string of the molecule is O=C(c1ccc(CCl)cc1)N1CCC(CO)C1. The summed E-state index contributed by atoms with van der Waals surface area (Å²) in [6.07, 6.45) is 0.891. The quantitative estimate of drug-likeness (QED) is 0.836. The molecule has 0 radical (unpaired) electrons. The van der Waals surface area contributed by atoms with Crippen molar-refractivity contribution in [3.05, 3.63) is 35.4 Å². The number of aliphatic hydroxyl groups excluding tert-OH is 1. The van der Waals surface area contributed by atoms with Crippen molar-refractivity contribution < 1.29 is 9.90 Å². The molecule has 1 fully saturated rings. The Kier molecular flexibility index (Phi) is 4.02. The normalized spacial score (nSPS) is 19.6. The van der Waals surface area contributed by atoms with E-state index in [1.807, 2.05) is 24.3 Å². The summed E-state index contributed by atoms with van der Waals surface area (Å²) in [5.74, 6) is 0.744. The number of rotatable bonds is 3. The van der Waals surface area contributed by atoms with E-state index in [2.05, 4.69) is 0 Å². The summed E-state index contributed by atoms with van der Waals surface area (Å²) in [5.41, 5.74) is 1.70. The Morgan fingerprint density at radius 2 is 2.12 bits per heavy atom. The molecule has 1 heterocycles. The first kappa shape index (κ1) is 12.4. The van der Waals surface area contributed by atoms with Crippen molar-refractivity contribution >= 4 is 17.5 Å². The summed E-state index contributed by atoms with van der Waals surface area (Å²) >= 11 is 5.70. The topological polar surface area (TPSA) is 40.5 Å². The van der Waals surface area contributed by atoms with Gasteiger partial charge in [0.2, 0.25) is 0 Å². The predicted octanol–water partition coefficient (Wildman–Crippen LogP) is 1.88. The minimum absolute atomic E-state index is 0.0436. The molecule has 0 aromatic heterocycles. The fourth-order valence-corrected chi connectivity index (χ4v) is 2.26. The Hall–Kier alpha value is -1.06. The number of likely N-dealkylation sites (tertiary alicyclic amines) is 1. The van der Waals surface area contributed by atoms with Crippen molar-refractivity contribution in [3.8, 4) is 0 Å². The number of aliphatic hydroxyl groups is 1. The Labute approximate surface area is 106 Å². The number of alkyl halides is 1. The standard InChI is InChI=1S/C13H16ClNO2/c14-7-10-1-3-12(4-2-10)13(17)15-6-5-11(8-15)9-16/h1-4,11,16H,5-9H2. The zero-order chi connectivity index (χ0) is 12.3. The monoisotopic (exact) mass is 253 g/mol. The molecule has 1 unspecified atom stereocenters. The highest BCUT2D eigenvalue weighted by atomic mass is 35.5. The maximum Gasteiger partial charge on any atom is 0.253 e. The van der Waals surface area contributed by atoms with E-state index in [1.165, 1.54) is 0 Å². The van der Waals surface area contributed by atoms with Crippen LogP contribution >= 0.6 is 11.6 Å². The molecule has 1 aromatic rings. The lowest BCUT2D eigenvalue weighted by Gasteiger charge is -2.16. The van der Waals surface area contributed by atoms with E-state index in [0.717, 1.165) is 18.5 Å². The summed E-state index contributed by atoms with van der Waals surface area (Å²) in [5, 5.41) is 9.05. The molecule has 1 N–H and O–H groups in total. The van der Waals surface area contributed by atoms with Crippen molar-refractivity contribution in [3.63, 3.8) is 0 Å². The van der Waals surface area contributed by atoms with Gasteiger partial charge in [0.05, 0.1) is 0 Å². The molecule has 1 atom stereocenters. The van der Waals surface area contributed by atoms with Gasteiger partial charge < -0.3 is 10.0 Å². The number of carbonyl (C=O) groups excluding carboxylic acids is 1. The zero-order valence-corrected chi connectivity index (χ0v) is 10.4. The molecule has 1 aromatic carbocycles. The van der Waals surface area contributed by atoms with E-state index >= 15 is 0 Å². The molecule has 0 saturated carbocycles. The molecular weight excluding hydrogens is 238 g/mol. The third-order valence-corrected chi connectivity index (χ3v) is 3.50. The van der Waals surface area contributed by atoms with Gasteiger partial charge in [-0.05, 0) is 24.1 Å². The minimum atomic E-state index is 0.0436. The van der Waals surface area contributed by atoms with E-state index in [-0.39, 0.29) is 18.4 Å².